The van der Waals surface area contributed by atoms with Crippen molar-refractivity contribution in [2.45, 2.75) is 43.9 Å². The van der Waals surface area contributed by atoms with E-state index in [1.54, 1.807) is 24.3 Å². The summed E-state index contributed by atoms with van der Waals surface area (Å²) in [5, 5.41) is 3.80. The molecule has 4 rings (SSSR count). The van der Waals surface area contributed by atoms with Crippen LogP contribution in [0.2, 0.25) is 5.02 Å². The van der Waals surface area contributed by atoms with Gasteiger partial charge in [-0.05, 0) is 60.0 Å². The maximum absolute atomic E-state index is 13.5. The molecule has 3 aromatic rings. The molecule has 1 fully saturated rings. The molecule has 1 N–H and O–H groups in total. The van der Waals surface area contributed by atoms with E-state index in [0.29, 0.717) is 17.9 Å². The molecule has 0 unspecified atom stereocenters. The molecule has 1 amide bonds. The molecule has 6 heteroatoms. The number of amides is 1. The molecule has 3 atom stereocenters. The summed E-state index contributed by atoms with van der Waals surface area (Å²) in [6, 6.07) is 19.6. The van der Waals surface area contributed by atoms with Crippen molar-refractivity contribution in [3.8, 4) is 0 Å². The fourth-order valence-corrected chi connectivity index (χ4v) is 4.34. The lowest BCUT2D eigenvalue weighted by Gasteiger charge is -2.43. The average Bonchev–Trinajstić information content (AvgIpc) is 2.75. The number of hydrogen-bond acceptors (Lipinski definition) is 2. The van der Waals surface area contributed by atoms with Crippen molar-refractivity contribution in [1.82, 2.24) is 5.32 Å². The highest BCUT2D eigenvalue weighted by atomic mass is 35.5. The van der Waals surface area contributed by atoms with Gasteiger partial charge in [0.05, 0.1) is 18.6 Å². The average molecular weight is 456 g/mol. The standard InChI is InChI=1S/C26H24ClF2NO2/c1-26(30-25(31)14-17-2-10-21(28)11-3-17)15-23(18-4-8-20(27)9-5-18)32-24(16-26)19-6-12-22(29)13-7-19/h2-13,23-24H,14-16H2,1H3,(H,30,31)/t23-,24+,26-/m1/s1. The third-order valence-corrected chi connectivity index (χ3v) is 6.06. The number of carbonyl (C=O) groups excluding carboxylic acids is 1. The highest BCUT2D eigenvalue weighted by Gasteiger charge is 2.40. The molecule has 3 aromatic carbocycles. The molecule has 1 aliphatic heterocycles. The first-order chi connectivity index (χ1) is 15.3. The number of carbonyl (C=O) groups is 1. The van der Waals surface area contributed by atoms with Gasteiger partial charge in [0.2, 0.25) is 5.91 Å². The van der Waals surface area contributed by atoms with Gasteiger partial charge < -0.3 is 10.1 Å². The summed E-state index contributed by atoms with van der Waals surface area (Å²) in [7, 11) is 0. The van der Waals surface area contributed by atoms with Crippen molar-refractivity contribution < 1.29 is 18.3 Å². The van der Waals surface area contributed by atoms with E-state index in [-0.39, 0.29) is 36.2 Å². The zero-order chi connectivity index (χ0) is 22.7. The van der Waals surface area contributed by atoms with Crippen molar-refractivity contribution >= 4 is 17.5 Å². The molecule has 0 aromatic heterocycles. The summed E-state index contributed by atoms with van der Waals surface area (Å²) in [5.41, 5.74) is 1.99. The van der Waals surface area contributed by atoms with Crippen LogP contribution in [-0.4, -0.2) is 11.4 Å². The fourth-order valence-electron chi connectivity index (χ4n) is 4.21. The van der Waals surface area contributed by atoms with Gasteiger partial charge in [-0.15, -0.1) is 0 Å². The summed E-state index contributed by atoms with van der Waals surface area (Å²) in [6.45, 7) is 2.00. The Morgan fingerprint density at radius 1 is 0.906 bits per heavy atom. The van der Waals surface area contributed by atoms with Crippen LogP contribution in [0.4, 0.5) is 8.78 Å². The predicted octanol–water partition coefficient (Wildman–Crippen LogP) is 6.33. The van der Waals surface area contributed by atoms with E-state index >= 15 is 0 Å². The lowest BCUT2D eigenvalue weighted by atomic mass is 9.81. The Balaban J connectivity index is 1.56. The number of hydrogen-bond donors (Lipinski definition) is 1. The Labute approximate surface area is 191 Å². The highest BCUT2D eigenvalue weighted by Crippen LogP contribution is 2.43. The zero-order valence-corrected chi connectivity index (χ0v) is 18.4. The largest absolute Gasteiger partial charge is 0.365 e. The zero-order valence-electron chi connectivity index (χ0n) is 17.7. The van der Waals surface area contributed by atoms with Crippen molar-refractivity contribution in [3.63, 3.8) is 0 Å². The van der Waals surface area contributed by atoms with Crippen molar-refractivity contribution in [3.05, 3.63) is 106 Å². The lowest BCUT2D eigenvalue weighted by Crippen LogP contribution is -2.51. The number of nitrogens with one attached hydrogen (secondary N) is 1. The third-order valence-electron chi connectivity index (χ3n) is 5.80. The van der Waals surface area contributed by atoms with Gasteiger partial charge in [-0.1, -0.05) is 48.0 Å². The summed E-state index contributed by atoms with van der Waals surface area (Å²) in [6.07, 6.45) is 0.677. The summed E-state index contributed by atoms with van der Waals surface area (Å²) in [4.78, 5) is 12.8. The molecule has 1 saturated heterocycles. The van der Waals surface area contributed by atoms with Crippen molar-refractivity contribution in [1.29, 1.82) is 0 Å². The fraction of sp³-hybridized carbons (Fsp3) is 0.269. The second-order valence-corrected chi connectivity index (χ2v) is 8.97. The van der Waals surface area contributed by atoms with Gasteiger partial charge in [0.25, 0.3) is 0 Å². The first kappa shape index (κ1) is 22.4. The van der Waals surface area contributed by atoms with Crippen LogP contribution >= 0.6 is 11.6 Å². The SMILES string of the molecule is C[C@]1(NC(=O)Cc2ccc(F)cc2)C[C@@H](c2ccc(F)cc2)O[C@@H](c2ccc(Cl)cc2)C1. The van der Waals surface area contributed by atoms with Gasteiger partial charge in [-0.25, -0.2) is 8.78 Å². The normalized spacial score (nSPS) is 23.0. The molecule has 0 bridgehead atoms. The monoisotopic (exact) mass is 455 g/mol. The molecule has 0 spiro atoms. The Kier molecular flexibility index (Phi) is 6.58. The van der Waals surface area contributed by atoms with Gasteiger partial charge in [0.1, 0.15) is 11.6 Å². The van der Waals surface area contributed by atoms with Crippen molar-refractivity contribution in [2.75, 3.05) is 0 Å². The van der Waals surface area contributed by atoms with Crippen LogP contribution in [0.25, 0.3) is 0 Å². The molecule has 1 aliphatic rings. The van der Waals surface area contributed by atoms with Crippen LogP contribution in [-0.2, 0) is 16.0 Å². The topological polar surface area (TPSA) is 38.3 Å². The summed E-state index contributed by atoms with van der Waals surface area (Å²) < 4.78 is 33.0. The highest BCUT2D eigenvalue weighted by molar-refractivity contribution is 6.30. The van der Waals surface area contributed by atoms with E-state index in [1.807, 2.05) is 31.2 Å². The number of benzene rings is 3. The molecule has 32 heavy (non-hydrogen) atoms. The molecule has 0 saturated carbocycles. The Hall–Kier alpha value is -2.76. The van der Waals surface area contributed by atoms with Crippen LogP contribution in [0.1, 0.15) is 48.7 Å². The smallest absolute Gasteiger partial charge is 0.224 e. The second-order valence-electron chi connectivity index (χ2n) is 8.54. The summed E-state index contributed by atoms with van der Waals surface area (Å²) in [5.74, 6) is -0.790. The van der Waals surface area contributed by atoms with Gasteiger partial charge >= 0.3 is 0 Å². The predicted molar refractivity (Wildman–Crippen MR) is 120 cm³/mol. The molecule has 3 nitrogen and oxygen atoms in total. The van der Waals surface area contributed by atoms with E-state index < -0.39 is 5.54 Å². The first-order valence-corrected chi connectivity index (χ1v) is 10.9. The Morgan fingerprint density at radius 2 is 1.38 bits per heavy atom. The molecule has 166 valence electrons. The third kappa shape index (κ3) is 5.53. The minimum Gasteiger partial charge on any atom is -0.365 e. The van der Waals surface area contributed by atoms with Crippen molar-refractivity contribution in [2.24, 2.45) is 0 Å². The quantitative estimate of drug-likeness (QED) is 0.488. The molecule has 1 heterocycles. The number of ether oxygens (including phenoxy) is 1. The van der Waals surface area contributed by atoms with Gasteiger partial charge in [0.15, 0.2) is 0 Å². The number of halogens is 3. The van der Waals surface area contributed by atoms with Crippen LogP contribution < -0.4 is 5.32 Å². The minimum absolute atomic E-state index is 0.145. The van der Waals surface area contributed by atoms with Crippen LogP contribution in [0, 0.1) is 11.6 Å². The second kappa shape index (κ2) is 9.39. The molecular formula is C26H24ClF2NO2. The van der Waals surface area contributed by atoms with Gasteiger partial charge in [-0.2, -0.15) is 0 Å². The van der Waals surface area contributed by atoms with Crippen LogP contribution in [0.3, 0.4) is 0 Å². The van der Waals surface area contributed by atoms with Gasteiger partial charge in [0, 0.05) is 23.4 Å². The van der Waals surface area contributed by atoms with E-state index in [4.69, 9.17) is 16.3 Å². The van der Waals surface area contributed by atoms with Crippen LogP contribution in [0.15, 0.2) is 72.8 Å². The molecular weight excluding hydrogens is 432 g/mol. The van der Waals surface area contributed by atoms with E-state index in [1.165, 1.54) is 24.3 Å². The Morgan fingerprint density at radius 3 is 1.91 bits per heavy atom. The minimum atomic E-state index is -0.557. The number of rotatable bonds is 5. The Bertz CT molecular complexity index is 1010. The maximum Gasteiger partial charge on any atom is 0.224 e. The van der Waals surface area contributed by atoms with Gasteiger partial charge in [-0.3, -0.25) is 4.79 Å². The molecule has 0 aliphatic carbocycles. The maximum atomic E-state index is 13.5. The van der Waals surface area contributed by atoms with E-state index in [0.717, 1.165) is 16.7 Å². The van der Waals surface area contributed by atoms with E-state index in [9.17, 15) is 13.6 Å². The molecule has 0 radical (unpaired) electrons. The van der Waals surface area contributed by atoms with Crippen LogP contribution in [0.5, 0.6) is 0 Å². The lowest BCUT2D eigenvalue weighted by molar-refractivity contribution is -0.128. The summed E-state index contributed by atoms with van der Waals surface area (Å²) >= 11 is 6.04. The van der Waals surface area contributed by atoms with E-state index in [2.05, 4.69) is 5.32 Å². The first-order valence-electron chi connectivity index (χ1n) is 10.5.